The molecule has 0 unspecified atom stereocenters. The van der Waals surface area contributed by atoms with Gasteiger partial charge in [-0.1, -0.05) is 29.8 Å². The molecule has 1 aromatic heterocycles. The average Bonchev–Trinajstić information content (AvgIpc) is 2.66. The molecule has 7 heteroatoms. The van der Waals surface area contributed by atoms with Gasteiger partial charge in [0.15, 0.2) is 0 Å². The van der Waals surface area contributed by atoms with E-state index in [0.717, 1.165) is 6.07 Å². The Morgan fingerprint density at radius 2 is 2.11 bits per heavy atom. The number of rotatable bonds is 3. The van der Waals surface area contributed by atoms with Gasteiger partial charge in [0.25, 0.3) is 11.5 Å². The first-order valence-electron chi connectivity index (χ1n) is 8.99. The van der Waals surface area contributed by atoms with E-state index in [-0.39, 0.29) is 23.5 Å². The highest BCUT2D eigenvalue weighted by Crippen LogP contribution is 2.35. The number of aromatic hydroxyl groups is 1. The first-order valence-corrected chi connectivity index (χ1v) is 9.37. The third-order valence-electron chi connectivity index (χ3n) is 5.22. The fourth-order valence-corrected chi connectivity index (χ4v) is 4.00. The summed E-state index contributed by atoms with van der Waals surface area (Å²) < 4.78 is 15.5. The molecule has 0 radical (unpaired) electrons. The van der Waals surface area contributed by atoms with Crippen molar-refractivity contribution in [3.8, 4) is 5.75 Å². The number of carbonyl (C=O) groups is 1. The number of hydrogen-bond acceptors (Lipinski definition) is 3. The molecule has 0 fully saturated rings. The Morgan fingerprint density at radius 3 is 2.86 bits per heavy atom. The van der Waals surface area contributed by atoms with Crippen LogP contribution >= 0.6 is 11.6 Å². The number of carbonyl (C=O) groups excluding carboxylic acids is 1. The molecule has 144 valence electrons. The van der Waals surface area contributed by atoms with Gasteiger partial charge < -0.3 is 15.0 Å². The minimum absolute atomic E-state index is 0.0966. The molecule has 3 aromatic rings. The molecule has 2 N–H and O–H groups in total. The van der Waals surface area contributed by atoms with E-state index in [1.165, 1.54) is 10.6 Å². The second kappa shape index (κ2) is 6.95. The number of hydrogen-bond donors (Lipinski definition) is 2. The molecule has 1 aliphatic heterocycles. The molecule has 28 heavy (non-hydrogen) atoms. The highest BCUT2D eigenvalue weighted by molar-refractivity contribution is 6.31. The molecule has 0 spiro atoms. The van der Waals surface area contributed by atoms with Gasteiger partial charge in [0.1, 0.15) is 17.1 Å². The van der Waals surface area contributed by atoms with Crippen LogP contribution in [0.15, 0.2) is 41.2 Å². The summed E-state index contributed by atoms with van der Waals surface area (Å²) in [5.74, 6) is -1.74. The molecule has 0 saturated heterocycles. The normalized spacial score (nSPS) is 15.6. The standard InChI is InChI=1S/C21H18ClFN2O3/c1-11-6-7-12-8-14(23)9-15-18(12)25(11)21(28)17(19(15)26)20(27)24-10-13-4-2-3-5-16(13)22/h2-5,8-9,11,26H,6-7,10H2,1H3,(H,24,27)/t11-/m0/s1. The van der Waals surface area contributed by atoms with Crippen molar-refractivity contribution < 1.29 is 14.3 Å². The van der Waals surface area contributed by atoms with Crippen LogP contribution in [-0.2, 0) is 13.0 Å². The maximum absolute atomic E-state index is 14.1. The number of amides is 1. The van der Waals surface area contributed by atoms with Gasteiger partial charge in [-0.25, -0.2) is 4.39 Å². The molecule has 4 rings (SSSR count). The topological polar surface area (TPSA) is 71.3 Å². The largest absolute Gasteiger partial charge is 0.506 e. The number of aromatic nitrogens is 1. The van der Waals surface area contributed by atoms with Crippen molar-refractivity contribution in [1.82, 2.24) is 9.88 Å². The molecule has 1 amide bonds. The lowest BCUT2D eigenvalue weighted by Gasteiger charge is -2.26. The highest BCUT2D eigenvalue weighted by atomic mass is 35.5. The van der Waals surface area contributed by atoms with Gasteiger partial charge >= 0.3 is 0 Å². The average molecular weight is 401 g/mol. The van der Waals surface area contributed by atoms with Crippen molar-refractivity contribution in [2.45, 2.75) is 32.4 Å². The van der Waals surface area contributed by atoms with Gasteiger partial charge in [-0.3, -0.25) is 9.59 Å². The number of halogens is 2. The summed E-state index contributed by atoms with van der Waals surface area (Å²) in [5, 5.41) is 13.9. The van der Waals surface area contributed by atoms with E-state index in [0.29, 0.717) is 34.5 Å². The number of nitrogens with one attached hydrogen (secondary N) is 1. The lowest BCUT2D eigenvalue weighted by Crippen LogP contribution is -2.36. The lowest BCUT2D eigenvalue weighted by molar-refractivity contribution is 0.0946. The van der Waals surface area contributed by atoms with Crippen molar-refractivity contribution in [1.29, 1.82) is 0 Å². The van der Waals surface area contributed by atoms with Crippen molar-refractivity contribution in [3.05, 3.63) is 74.3 Å². The Morgan fingerprint density at radius 1 is 1.36 bits per heavy atom. The lowest BCUT2D eigenvalue weighted by atomic mass is 9.95. The minimum Gasteiger partial charge on any atom is -0.506 e. The van der Waals surface area contributed by atoms with E-state index in [4.69, 9.17) is 11.6 Å². The predicted molar refractivity (Wildman–Crippen MR) is 105 cm³/mol. The maximum Gasteiger partial charge on any atom is 0.267 e. The maximum atomic E-state index is 14.1. The molecule has 1 atom stereocenters. The predicted octanol–water partition coefficient (Wildman–Crippen LogP) is 3.94. The van der Waals surface area contributed by atoms with Crippen molar-refractivity contribution in [2.75, 3.05) is 0 Å². The SMILES string of the molecule is C[C@H]1CCc2cc(F)cc3c(O)c(C(=O)NCc4ccccc4Cl)c(=O)n1c23. The van der Waals surface area contributed by atoms with Crippen LogP contribution in [0.4, 0.5) is 4.39 Å². The zero-order valence-electron chi connectivity index (χ0n) is 15.1. The molecule has 2 heterocycles. The van der Waals surface area contributed by atoms with Gasteiger partial charge in [0, 0.05) is 23.0 Å². The van der Waals surface area contributed by atoms with Crippen LogP contribution < -0.4 is 10.9 Å². The van der Waals surface area contributed by atoms with Crippen LogP contribution in [0.3, 0.4) is 0 Å². The van der Waals surface area contributed by atoms with E-state index >= 15 is 0 Å². The molecule has 5 nitrogen and oxygen atoms in total. The summed E-state index contributed by atoms with van der Waals surface area (Å²) in [7, 11) is 0. The Labute approximate surface area is 165 Å². The monoisotopic (exact) mass is 400 g/mol. The number of benzene rings is 2. The van der Waals surface area contributed by atoms with E-state index < -0.39 is 23.0 Å². The Hall–Kier alpha value is -2.86. The number of pyridine rings is 1. The molecule has 2 aromatic carbocycles. The molecular weight excluding hydrogens is 383 g/mol. The van der Waals surface area contributed by atoms with Gasteiger partial charge in [-0.05, 0) is 49.1 Å². The fraction of sp³-hybridized carbons (Fsp3) is 0.238. The molecule has 1 aliphatic rings. The van der Waals surface area contributed by atoms with Gasteiger partial charge in [-0.15, -0.1) is 0 Å². The second-order valence-electron chi connectivity index (χ2n) is 7.02. The Balaban J connectivity index is 1.83. The number of nitrogens with zero attached hydrogens (tertiary/aromatic N) is 1. The van der Waals surface area contributed by atoms with Crippen molar-refractivity contribution >= 4 is 28.4 Å². The molecule has 0 bridgehead atoms. The van der Waals surface area contributed by atoms with Crippen LogP contribution in [0.5, 0.6) is 5.75 Å². The Kier molecular flexibility index (Phi) is 4.59. The third kappa shape index (κ3) is 2.94. The van der Waals surface area contributed by atoms with E-state index in [1.54, 1.807) is 24.3 Å². The summed E-state index contributed by atoms with van der Waals surface area (Å²) in [5.41, 5.74) is 0.862. The smallest absolute Gasteiger partial charge is 0.267 e. The molecule has 0 saturated carbocycles. The van der Waals surface area contributed by atoms with Crippen LogP contribution in [0, 0.1) is 5.82 Å². The van der Waals surface area contributed by atoms with Crippen molar-refractivity contribution in [2.24, 2.45) is 0 Å². The van der Waals surface area contributed by atoms with E-state index in [2.05, 4.69) is 5.32 Å². The first-order chi connectivity index (χ1) is 13.4. The highest BCUT2D eigenvalue weighted by Gasteiger charge is 2.28. The van der Waals surface area contributed by atoms with Crippen molar-refractivity contribution in [3.63, 3.8) is 0 Å². The van der Waals surface area contributed by atoms with Gasteiger partial charge in [0.2, 0.25) is 0 Å². The molecule has 0 aliphatic carbocycles. The zero-order valence-corrected chi connectivity index (χ0v) is 15.9. The Bertz CT molecular complexity index is 1170. The van der Waals surface area contributed by atoms with Crippen LogP contribution in [0.1, 0.15) is 40.9 Å². The van der Waals surface area contributed by atoms with E-state index in [9.17, 15) is 19.1 Å². The summed E-state index contributed by atoms with van der Waals surface area (Å²) in [6.07, 6.45) is 1.25. The third-order valence-corrected chi connectivity index (χ3v) is 5.58. The minimum atomic E-state index is -0.725. The van der Waals surface area contributed by atoms with Crippen LogP contribution in [0.25, 0.3) is 10.9 Å². The summed E-state index contributed by atoms with van der Waals surface area (Å²) in [4.78, 5) is 25.8. The fourth-order valence-electron chi connectivity index (χ4n) is 3.79. The summed E-state index contributed by atoms with van der Waals surface area (Å²) in [6.45, 7) is 1.97. The van der Waals surface area contributed by atoms with Crippen LogP contribution in [-0.4, -0.2) is 15.6 Å². The summed E-state index contributed by atoms with van der Waals surface area (Å²) in [6, 6.07) is 9.38. The number of aryl methyl sites for hydroxylation is 1. The zero-order chi connectivity index (χ0) is 20.0. The van der Waals surface area contributed by atoms with Crippen LogP contribution in [0.2, 0.25) is 5.02 Å². The quantitative estimate of drug-likeness (QED) is 0.699. The molecular formula is C21H18ClFN2O3. The van der Waals surface area contributed by atoms with E-state index in [1.807, 2.05) is 6.92 Å². The van der Waals surface area contributed by atoms with Gasteiger partial charge in [-0.2, -0.15) is 0 Å². The summed E-state index contributed by atoms with van der Waals surface area (Å²) >= 11 is 6.10. The first kappa shape index (κ1) is 18.5. The van der Waals surface area contributed by atoms with Gasteiger partial charge in [0.05, 0.1) is 5.52 Å². The second-order valence-corrected chi connectivity index (χ2v) is 7.43.